The number of benzene rings is 6. The Hall–Kier alpha value is -4.65. The van der Waals surface area contributed by atoms with Crippen molar-refractivity contribution in [2.75, 3.05) is 10.2 Å². The number of anilines is 5. The highest BCUT2D eigenvalue weighted by Gasteiger charge is 2.42. The number of para-hydroxylation sites is 4. The first kappa shape index (κ1) is 27.6. The minimum atomic E-state index is -1.87. The molecule has 0 atom stereocenters. The molecule has 46 heavy (non-hydrogen) atoms. The maximum atomic E-state index is 6.58. The molecule has 0 spiro atoms. The molecule has 3 nitrogen and oxygen atoms in total. The van der Waals surface area contributed by atoms with E-state index < -0.39 is 8.07 Å². The average Bonchev–Trinajstić information content (AvgIpc) is 3.06. The van der Waals surface area contributed by atoms with Crippen molar-refractivity contribution in [1.29, 1.82) is 0 Å². The van der Waals surface area contributed by atoms with Crippen LogP contribution in [0.5, 0.6) is 11.5 Å². The summed E-state index contributed by atoms with van der Waals surface area (Å²) in [6.07, 6.45) is 0. The molecule has 0 saturated carbocycles. The lowest BCUT2D eigenvalue weighted by atomic mass is 9.58. The Balaban J connectivity index is 1.29. The number of fused-ring (bicyclic) bond motifs is 6. The second-order valence-corrected chi connectivity index (χ2v) is 18.6. The van der Waals surface area contributed by atoms with Crippen LogP contribution in [0.2, 0.25) is 13.1 Å². The monoisotopic (exact) mass is 628 g/mol. The highest BCUT2D eigenvalue weighted by molar-refractivity contribution is 7.99. The van der Waals surface area contributed by atoms with E-state index in [2.05, 4.69) is 146 Å². The molecule has 6 heteroatoms. The van der Waals surface area contributed by atoms with Crippen LogP contribution in [0.3, 0.4) is 0 Å². The molecule has 0 aromatic heterocycles. The average molecular weight is 629 g/mol. The highest BCUT2D eigenvalue weighted by Crippen LogP contribution is 2.51. The van der Waals surface area contributed by atoms with Crippen LogP contribution in [0.4, 0.5) is 28.4 Å². The van der Waals surface area contributed by atoms with Gasteiger partial charge in [0.25, 0.3) is 0 Å². The van der Waals surface area contributed by atoms with Crippen LogP contribution >= 0.6 is 11.8 Å². The minimum absolute atomic E-state index is 0.886. The zero-order valence-electron chi connectivity index (χ0n) is 26.4. The summed E-state index contributed by atoms with van der Waals surface area (Å²) in [5, 5.41) is 6.87. The number of aryl methyl sites for hydroxylation is 2. The predicted molar refractivity (Wildman–Crippen MR) is 200 cm³/mol. The van der Waals surface area contributed by atoms with E-state index in [0.29, 0.717) is 0 Å². The first-order chi connectivity index (χ1) is 22.4. The van der Waals surface area contributed by atoms with Crippen molar-refractivity contribution in [1.82, 2.24) is 0 Å². The molecule has 3 heterocycles. The number of hydrogen-bond donors (Lipinski definition) is 1. The quantitative estimate of drug-likeness (QED) is 0.199. The molecule has 0 aliphatic carbocycles. The van der Waals surface area contributed by atoms with Gasteiger partial charge in [0, 0.05) is 34.0 Å². The summed E-state index contributed by atoms with van der Waals surface area (Å²) >= 11 is 1.77. The molecule has 0 unspecified atom stereocenters. The van der Waals surface area contributed by atoms with Crippen molar-refractivity contribution in [2.24, 2.45) is 0 Å². The van der Waals surface area contributed by atoms with Crippen molar-refractivity contribution in [3.05, 3.63) is 126 Å². The summed E-state index contributed by atoms with van der Waals surface area (Å²) in [6.45, 7) is 9.40. The number of nitrogens with one attached hydrogen (secondary N) is 1. The standard InChI is InChI=1S/C40H33BN2OSSi/c1-24-20-27(39-32(21-24)43-31-15-7-10-18-37(31)46(3,4)38-19-11-13-28(41-39)40(38)43)26-22-34-36(45-35-17-9-8-16-33(35)44-34)23-30(26)42-29-14-6-5-12-25(29)2/h5-23,41-42H,1-4H3. The topological polar surface area (TPSA) is 24.5 Å². The van der Waals surface area contributed by atoms with Crippen molar-refractivity contribution in [3.63, 3.8) is 0 Å². The Morgan fingerprint density at radius 3 is 2.35 bits per heavy atom. The summed E-state index contributed by atoms with van der Waals surface area (Å²) < 4.78 is 6.58. The summed E-state index contributed by atoms with van der Waals surface area (Å²) in [7, 11) is -0.988. The first-order valence-electron chi connectivity index (χ1n) is 16.0. The van der Waals surface area contributed by atoms with Crippen LogP contribution in [-0.2, 0) is 0 Å². The van der Waals surface area contributed by atoms with Crippen LogP contribution in [0.1, 0.15) is 11.1 Å². The van der Waals surface area contributed by atoms with Gasteiger partial charge in [-0.15, -0.1) is 0 Å². The molecular weight excluding hydrogens is 595 g/mol. The number of nitrogens with zero attached hydrogens (tertiary/aromatic N) is 1. The van der Waals surface area contributed by atoms with Crippen molar-refractivity contribution >= 4 is 76.9 Å². The fraction of sp³-hybridized carbons (Fsp3) is 0.100. The van der Waals surface area contributed by atoms with E-state index in [-0.39, 0.29) is 0 Å². The van der Waals surface area contributed by atoms with E-state index in [9.17, 15) is 0 Å². The Morgan fingerprint density at radius 2 is 1.46 bits per heavy atom. The van der Waals surface area contributed by atoms with Gasteiger partial charge in [0.1, 0.15) is 19.6 Å². The highest BCUT2D eigenvalue weighted by atomic mass is 32.2. The van der Waals surface area contributed by atoms with Gasteiger partial charge in [0.05, 0.1) is 9.79 Å². The molecule has 0 bridgehead atoms. The lowest BCUT2D eigenvalue weighted by Crippen LogP contribution is -2.62. The Kier molecular flexibility index (Phi) is 6.12. The summed E-state index contributed by atoms with van der Waals surface area (Å²) in [6, 6.07) is 42.3. The molecule has 0 amide bonds. The molecule has 6 aromatic carbocycles. The van der Waals surface area contributed by atoms with Gasteiger partial charge in [0.15, 0.2) is 7.28 Å². The normalized spacial score (nSPS) is 14.5. The van der Waals surface area contributed by atoms with Gasteiger partial charge in [-0.05, 0) is 88.8 Å². The van der Waals surface area contributed by atoms with E-state index in [1.54, 1.807) is 11.8 Å². The summed E-state index contributed by atoms with van der Waals surface area (Å²) in [5.74, 6) is 1.81. The predicted octanol–water partition coefficient (Wildman–Crippen LogP) is 8.28. The number of hydrogen-bond acceptors (Lipinski definition) is 4. The summed E-state index contributed by atoms with van der Waals surface area (Å²) in [5.41, 5.74) is 13.8. The van der Waals surface area contributed by atoms with Crippen LogP contribution < -0.4 is 36.3 Å². The van der Waals surface area contributed by atoms with Crippen molar-refractivity contribution in [2.45, 2.75) is 36.7 Å². The second kappa shape index (κ2) is 10.2. The van der Waals surface area contributed by atoms with E-state index in [4.69, 9.17) is 4.74 Å². The molecule has 9 rings (SSSR count). The molecule has 1 N–H and O–H groups in total. The lowest BCUT2D eigenvalue weighted by molar-refractivity contribution is 0.455. The van der Waals surface area contributed by atoms with E-state index in [0.717, 1.165) is 45.5 Å². The maximum absolute atomic E-state index is 6.58. The van der Waals surface area contributed by atoms with E-state index in [1.807, 2.05) is 6.07 Å². The number of ether oxygens (including phenoxy) is 1. The molecule has 3 aliphatic rings. The first-order valence-corrected chi connectivity index (χ1v) is 19.8. The zero-order valence-corrected chi connectivity index (χ0v) is 28.3. The molecule has 222 valence electrons. The van der Waals surface area contributed by atoms with Gasteiger partial charge in [-0.2, -0.15) is 0 Å². The van der Waals surface area contributed by atoms with Gasteiger partial charge in [-0.25, -0.2) is 0 Å². The van der Waals surface area contributed by atoms with E-state index >= 15 is 0 Å². The van der Waals surface area contributed by atoms with Gasteiger partial charge >= 0.3 is 0 Å². The fourth-order valence-electron chi connectivity index (χ4n) is 7.59. The number of rotatable bonds is 3. The molecule has 0 fully saturated rings. The smallest absolute Gasteiger partial charge is 0.198 e. The zero-order chi connectivity index (χ0) is 31.2. The van der Waals surface area contributed by atoms with Crippen molar-refractivity contribution in [3.8, 4) is 22.6 Å². The van der Waals surface area contributed by atoms with Gasteiger partial charge in [0.2, 0.25) is 0 Å². The minimum Gasteiger partial charge on any atom is -0.455 e. The van der Waals surface area contributed by atoms with Gasteiger partial charge in [-0.1, -0.05) is 103 Å². The third-order valence-electron chi connectivity index (χ3n) is 9.89. The van der Waals surface area contributed by atoms with Gasteiger partial charge < -0.3 is 15.0 Å². The second-order valence-electron chi connectivity index (χ2n) is 13.2. The van der Waals surface area contributed by atoms with Crippen LogP contribution in [-0.4, -0.2) is 15.4 Å². The Morgan fingerprint density at radius 1 is 0.674 bits per heavy atom. The lowest BCUT2D eigenvalue weighted by Gasteiger charge is -2.45. The molecular formula is C40H33BN2OSSi. The van der Waals surface area contributed by atoms with Crippen LogP contribution in [0.15, 0.2) is 125 Å². The molecule has 6 aromatic rings. The van der Waals surface area contributed by atoms with Gasteiger partial charge in [-0.3, -0.25) is 0 Å². The Bertz CT molecular complexity index is 2250. The van der Waals surface area contributed by atoms with Crippen LogP contribution in [0.25, 0.3) is 11.1 Å². The Labute approximate surface area is 276 Å². The van der Waals surface area contributed by atoms with E-state index in [1.165, 1.54) is 55.1 Å². The van der Waals surface area contributed by atoms with Crippen LogP contribution in [0, 0.1) is 13.8 Å². The SMILES string of the molecule is Cc1cc(-c2cc3c(cc2Nc2ccccc2C)Sc2ccccc2O3)c2c(c1)N1c3ccccc3[Si](C)(C)c3cccc(c31)B2. The molecule has 0 saturated heterocycles. The third-order valence-corrected chi connectivity index (χ3v) is 14.5. The maximum Gasteiger partial charge on any atom is 0.198 e. The summed E-state index contributed by atoms with van der Waals surface area (Å²) in [4.78, 5) is 4.83. The fourth-order valence-corrected chi connectivity index (χ4v) is 11.6. The molecule has 0 radical (unpaired) electrons. The third kappa shape index (κ3) is 4.13. The van der Waals surface area contributed by atoms with Crippen molar-refractivity contribution < 1.29 is 4.74 Å². The largest absolute Gasteiger partial charge is 0.455 e. The molecule has 3 aliphatic heterocycles.